The monoisotopic (exact) mass is 222 g/mol. The average molecular weight is 222 g/mol. The first kappa shape index (κ1) is 11.6. The molecule has 1 fully saturated rings. The molecule has 0 aromatic carbocycles. The van der Waals surface area contributed by atoms with E-state index in [0.29, 0.717) is 11.8 Å². The van der Waals surface area contributed by atoms with Crippen LogP contribution >= 0.6 is 0 Å². The smallest absolute Gasteiger partial charge is 0.0543 e. The van der Waals surface area contributed by atoms with Crippen molar-refractivity contribution in [3.8, 4) is 0 Å². The minimum absolute atomic E-state index is 0.108. The van der Waals surface area contributed by atoms with E-state index in [9.17, 15) is 5.11 Å². The van der Waals surface area contributed by atoms with Crippen LogP contribution < -0.4 is 5.43 Å². The van der Waals surface area contributed by atoms with Crippen molar-refractivity contribution in [1.82, 2.24) is 5.43 Å². The number of fused-ring (bicyclic) bond motifs is 1. The summed E-state index contributed by atoms with van der Waals surface area (Å²) < 4.78 is 0. The summed E-state index contributed by atoms with van der Waals surface area (Å²) in [5.74, 6) is 1.03. The highest BCUT2D eigenvalue weighted by atomic mass is 16.3. The number of rotatable bonds is 1. The van der Waals surface area contributed by atoms with Gasteiger partial charge in [-0.25, -0.2) is 0 Å². The lowest BCUT2D eigenvalue weighted by molar-refractivity contribution is 0.145. The van der Waals surface area contributed by atoms with Gasteiger partial charge in [0.15, 0.2) is 0 Å². The molecular weight excluding hydrogens is 200 g/mol. The largest absolute Gasteiger partial charge is 0.393 e. The van der Waals surface area contributed by atoms with Gasteiger partial charge in [-0.05, 0) is 43.6 Å². The Labute approximate surface area is 97.6 Å². The van der Waals surface area contributed by atoms with Gasteiger partial charge in [0.25, 0.3) is 0 Å². The molecule has 1 aliphatic heterocycles. The van der Waals surface area contributed by atoms with Crippen molar-refractivity contribution in [2.45, 2.75) is 52.1 Å². The van der Waals surface area contributed by atoms with Crippen molar-refractivity contribution >= 4 is 5.71 Å². The number of hydrazone groups is 1. The quantitative estimate of drug-likeness (QED) is 0.715. The van der Waals surface area contributed by atoms with Gasteiger partial charge in [0.05, 0.1) is 6.10 Å². The molecule has 0 amide bonds. The second-order valence-corrected chi connectivity index (χ2v) is 5.22. The average Bonchev–Trinajstić information content (AvgIpc) is 2.24. The van der Waals surface area contributed by atoms with Gasteiger partial charge >= 0.3 is 0 Å². The molecule has 0 spiro atoms. The standard InChI is InChI=1S/C13H22N2O/c1-9(2)13-12-5-3-4-11(16)7-6-10(12)8-14-15-13/h8-9,11-12,14,16H,3-7H2,1-2H3. The predicted octanol–water partition coefficient (Wildman–Crippen LogP) is 2.43. The molecule has 2 aliphatic rings. The number of nitrogens with one attached hydrogen (secondary N) is 1. The Balaban J connectivity index is 2.12. The number of aliphatic hydroxyl groups is 1. The molecule has 2 rings (SSSR count). The Kier molecular flexibility index (Phi) is 3.64. The normalized spacial score (nSPS) is 30.8. The van der Waals surface area contributed by atoms with E-state index in [1.54, 1.807) is 0 Å². The molecule has 16 heavy (non-hydrogen) atoms. The van der Waals surface area contributed by atoms with E-state index in [1.807, 2.05) is 6.20 Å². The van der Waals surface area contributed by atoms with E-state index >= 15 is 0 Å². The van der Waals surface area contributed by atoms with E-state index in [4.69, 9.17) is 0 Å². The van der Waals surface area contributed by atoms with Crippen LogP contribution in [0.4, 0.5) is 0 Å². The summed E-state index contributed by atoms with van der Waals surface area (Å²) in [6.45, 7) is 4.41. The summed E-state index contributed by atoms with van der Waals surface area (Å²) in [6.07, 6.45) is 7.02. The Hall–Kier alpha value is -0.830. The van der Waals surface area contributed by atoms with Crippen LogP contribution in [0, 0.1) is 11.8 Å². The van der Waals surface area contributed by atoms with Crippen molar-refractivity contribution in [1.29, 1.82) is 0 Å². The Morgan fingerprint density at radius 3 is 2.94 bits per heavy atom. The van der Waals surface area contributed by atoms with E-state index in [0.717, 1.165) is 32.1 Å². The fourth-order valence-corrected chi connectivity index (χ4v) is 2.70. The molecule has 0 aromatic rings. The van der Waals surface area contributed by atoms with Gasteiger partial charge < -0.3 is 5.11 Å². The van der Waals surface area contributed by atoms with Gasteiger partial charge in [0, 0.05) is 17.8 Å². The third-order valence-electron chi connectivity index (χ3n) is 3.64. The first-order valence-corrected chi connectivity index (χ1v) is 6.38. The van der Waals surface area contributed by atoms with E-state index in [2.05, 4.69) is 24.4 Å². The van der Waals surface area contributed by atoms with E-state index < -0.39 is 0 Å². The first-order chi connectivity index (χ1) is 7.68. The van der Waals surface area contributed by atoms with Gasteiger partial charge in [-0.15, -0.1) is 0 Å². The Bertz CT molecular complexity index is 307. The minimum atomic E-state index is -0.108. The highest BCUT2D eigenvalue weighted by Crippen LogP contribution is 2.31. The van der Waals surface area contributed by atoms with Gasteiger partial charge in [-0.1, -0.05) is 13.8 Å². The van der Waals surface area contributed by atoms with Crippen LogP contribution in [0.2, 0.25) is 0 Å². The number of hydrogen-bond acceptors (Lipinski definition) is 3. The second-order valence-electron chi connectivity index (χ2n) is 5.22. The topological polar surface area (TPSA) is 44.6 Å². The van der Waals surface area contributed by atoms with Gasteiger partial charge in [-0.3, -0.25) is 5.43 Å². The van der Waals surface area contributed by atoms with Crippen molar-refractivity contribution in [2.75, 3.05) is 0 Å². The molecule has 3 heteroatoms. The molecule has 1 aliphatic carbocycles. The van der Waals surface area contributed by atoms with Crippen molar-refractivity contribution in [3.05, 3.63) is 11.8 Å². The van der Waals surface area contributed by atoms with Crippen molar-refractivity contribution in [3.63, 3.8) is 0 Å². The highest BCUT2D eigenvalue weighted by molar-refractivity contribution is 5.91. The fourth-order valence-electron chi connectivity index (χ4n) is 2.70. The maximum absolute atomic E-state index is 9.70. The summed E-state index contributed by atoms with van der Waals surface area (Å²) in [5.41, 5.74) is 5.74. The second kappa shape index (κ2) is 5.00. The number of hydrogen-bond donors (Lipinski definition) is 2. The zero-order valence-corrected chi connectivity index (χ0v) is 10.2. The van der Waals surface area contributed by atoms with Gasteiger partial charge in [0.1, 0.15) is 0 Å². The molecule has 2 N–H and O–H groups in total. The summed E-state index contributed by atoms with van der Waals surface area (Å²) in [4.78, 5) is 0. The lowest BCUT2D eigenvalue weighted by Crippen LogP contribution is -2.30. The summed E-state index contributed by atoms with van der Waals surface area (Å²) in [5, 5.41) is 14.1. The Morgan fingerprint density at radius 2 is 2.19 bits per heavy atom. The van der Waals surface area contributed by atoms with E-state index in [1.165, 1.54) is 11.3 Å². The number of allylic oxidation sites excluding steroid dienone is 1. The maximum atomic E-state index is 9.70. The molecular formula is C13H22N2O. The fraction of sp³-hybridized carbons (Fsp3) is 0.769. The zero-order chi connectivity index (χ0) is 11.5. The molecule has 3 nitrogen and oxygen atoms in total. The summed E-state index contributed by atoms with van der Waals surface area (Å²) in [7, 11) is 0. The van der Waals surface area contributed by atoms with Crippen molar-refractivity contribution in [2.24, 2.45) is 16.9 Å². The van der Waals surface area contributed by atoms with Gasteiger partial charge in [0.2, 0.25) is 0 Å². The summed E-state index contributed by atoms with van der Waals surface area (Å²) >= 11 is 0. The van der Waals surface area contributed by atoms with Crippen LogP contribution in [-0.2, 0) is 0 Å². The zero-order valence-electron chi connectivity index (χ0n) is 10.2. The van der Waals surface area contributed by atoms with Crippen LogP contribution in [0.1, 0.15) is 46.0 Å². The van der Waals surface area contributed by atoms with Crippen LogP contribution in [0.25, 0.3) is 0 Å². The molecule has 0 bridgehead atoms. The number of nitrogens with zero attached hydrogens (tertiary/aromatic N) is 1. The van der Waals surface area contributed by atoms with Crippen LogP contribution in [0.5, 0.6) is 0 Å². The molecule has 1 heterocycles. The minimum Gasteiger partial charge on any atom is -0.393 e. The first-order valence-electron chi connectivity index (χ1n) is 6.38. The third kappa shape index (κ3) is 2.46. The molecule has 0 aromatic heterocycles. The molecule has 0 radical (unpaired) electrons. The molecule has 1 saturated carbocycles. The summed E-state index contributed by atoms with van der Waals surface area (Å²) in [6, 6.07) is 0. The van der Waals surface area contributed by atoms with Gasteiger partial charge in [-0.2, -0.15) is 5.10 Å². The number of aliphatic hydroxyl groups excluding tert-OH is 1. The van der Waals surface area contributed by atoms with Crippen LogP contribution in [0.15, 0.2) is 16.9 Å². The molecule has 2 atom stereocenters. The highest BCUT2D eigenvalue weighted by Gasteiger charge is 2.27. The molecule has 90 valence electrons. The lowest BCUT2D eigenvalue weighted by Gasteiger charge is -2.30. The lowest BCUT2D eigenvalue weighted by atomic mass is 9.79. The Morgan fingerprint density at radius 1 is 1.38 bits per heavy atom. The SMILES string of the molecule is CC(C)C1=NNC=C2CCC(O)CCCC21. The van der Waals surface area contributed by atoms with E-state index in [-0.39, 0.29) is 6.10 Å². The van der Waals surface area contributed by atoms with Crippen LogP contribution in [-0.4, -0.2) is 16.9 Å². The van der Waals surface area contributed by atoms with Crippen molar-refractivity contribution < 1.29 is 5.11 Å². The van der Waals surface area contributed by atoms with Crippen LogP contribution in [0.3, 0.4) is 0 Å². The third-order valence-corrected chi connectivity index (χ3v) is 3.64. The maximum Gasteiger partial charge on any atom is 0.0543 e. The molecule has 0 saturated heterocycles. The predicted molar refractivity (Wildman–Crippen MR) is 66.1 cm³/mol. The molecule has 2 unspecified atom stereocenters.